The van der Waals surface area contributed by atoms with Crippen LogP contribution in [0.4, 0.5) is 11.4 Å². The first-order chi connectivity index (χ1) is 9.34. The second kappa shape index (κ2) is 6.82. The Bertz CT molecular complexity index is 575. The van der Waals surface area contributed by atoms with Gasteiger partial charge in [-0.05, 0) is 30.2 Å². The zero-order valence-electron chi connectivity index (χ0n) is 11.1. The van der Waals surface area contributed by atoms with Crippen LogP contribution in [0.25, 0.3) is 0 Å². The maximum Gasteiger partial charge on any atom is 0.0639 e. The molecule has 0 bridgehead atoms. The average molecular weight is 310 g/mol. The smallest absolute Gasteiger partial charge is 0.0639 e. The van der Waals surface area contributed by atoms with E-state index in [1.54, 1.807) is 12.4 Å². The van der Waals surface area contributed by atoms with Crippen molar-refractivity contribution < 1.29 is 0 Å². The van der Waals surface area contributed by atoms with E-state index in [1.807, 2.05) is 6.07 Å². The van der Waals surface area contributed by atoms with Gasteiger partial charge < -0.3 is 10.2 Å². The van der Waals surface area contributed by atoms with Gasteiger partial charge in [-0.2, -0.15) is 0 Å². The summed E-state index contributed by atoms with van der Waals surface area (Å²) in [5.41, 5.74) is 3.56. The average Bonchev–Trinajstić information content (AvgIpc) is 2.64. The van der Waals surface area contributed by atoms with E-state index in [4.69, 9.17) is 11.6 Å². The number of hydrogen-bond acceptors (Lipinski definition) is 3. The van der Waals surface area contributed by atoms with E-state index < -0.39 is 0 Å². The highest BCUT2D eigenvalue weighted by Gasteiger charge is 2.15. The van der Waals surface area contributed by atoms with Crippen molar-refractivity contribution in [1.82, 2.24) is 4.98 Å². The van der Waals surface area contributed by atoms with Crippen LogP contribution in [0.2, 0.25) is 5.02 Å². The zero-order valence-corrected chi connectivity index (χ0v) is 12.6. The third-order valence-corrected chi connectivity index (χ3v) is 3.72. The quantitative estimate of drug-likeness (QED) is 0.909. The monoisotopic (exact) mass is 309 g/mol. The fourth-order valence-corrected chi connectivity index (χ4v) is 2.59. The highest BCUT2D eigenvalue weighted by atomic mass is 35.5. The van der Waals surface area contributed by atoms with E-state index in [0.717, 1.165) is 36.6 Å². The van der Waals surface area contributed by atoms with Gasteiger partial charge in [-0.3, -0.25) is 4.98 Å². The van der Waals surface area contributed by atoms with Crippen LogP contribution < -0.4 is 10.2 Å². The van der Waals surface area contributed by atoms with Crippen molar-refractivity contribution in [2.45, 2.75) is 13.0 Å². The molecule has 0 atom stereocenters. The molecule has 20 heavy (non-hydrogen) atoms. The van der Waals surface area contributed by atoms with Crippen molar-refractivity contribution in [2.75, 3.05) is 23.3 Å². The number of para-hydroxylation sites is 2. The van der Waals surface area contributed by atoms with E-state index in [0.29, 0.717) is 0 Å². The number of hydrogen-bond donors (Lipinski definition) is 1. The van der Waals surface area contributed by atoms with E-state index >= 15 is 0 Å². The SMILES string of the molecule is Cl.Clc1cnccc1CN1CCCNc2ccccc21. The highest BCUT2D eigenvalue weighted by Crippen LogP contribution is 2.30. The number of rotatable bonds is 2. The van der Waals surface area contributed by atoms with Gasteiger partial charge in [0.25, 0.3) is 0 Å². The lowest BCUT2D eigenvalue weighted by Gasteiger charge is -2.24. The minimum atomic E-state index is 0. The van der Waals surface area contributed by atoms with Crippen LogP contribution in [0, 0.1) is 0 Å². The molecule has 0 unspecified atom stereocenters. The molecule has 1 aliphatic heterocycles. The Labute approximate surface area is 130 Å². The van der Waals surface area contributed by atoms with Gasteiger partial charge in [0.2, 0.25) is 0 Å². The zero-order chi connectivity index (χ0) is 13.1. The largest absolute Gasteiger partial charge is 0.383 e. The highest BCUT2D eigenvalue weighted by molar-refractivity contribution is 6.31. The summed E-state index contributed by atoms with van der Waals surface area (Å²) in [6.45, 7) is 2.86. The predicted molar refractivity (Wildman–Crippen MR) is 87.1 cm³/mol. The van der Waals surface area contributed by atoms with Crippen LogP contribution in [0.1, 0.15) is 12.0 Å². The van der Waals surface area contributed by atoms with Crippen molar-refractivity contribution >= 4 is 35.4 Å². The summed E-state index contributed by atoms with van der Waals surface area (Å²) in [7, 11) is 0. The molecule has 106 valence electrons. The molecule has 1 aromatic carbocycles. The number of benzene rings is 1. The summed E-state index contributed by atoms with van der Waals surface area (Å²) in [6, 6.07) is 10.4. The van der Waals surface area contributed by atoms with Crippen molar-refractivity contribution in [3.05, 3.63) is 53.3 Å². The molecular weight excluding hydrogens is 293 g/mol. The Morgan fingerprint density at radius 3 is 2.95 bits per heavy atom. The Balaban J connectivity index is 0.00000147. The van der Waals surface area contributed by atoms with Gasteiger partial charge in [-0.25, -0.2) is 0 Å². The summed E-state index contributed by atoms with van der Waals surface area (Å²) < 4.78 is 0. The molecule has 3 rings (SSSR count). The first kappa shape index (κ1) is 14.9. The normalized spacial score (nSPS) is 13.8. The predicted octanol–water partition coefficient (Wildman–Crippen LogP) is 3.98. The number of fused-ring (bicyclic) bond motifs is 1. The Morgan fingerprint density at radius 1 is 1.25 bits per heavy atom. The maximum atomic E-state index is 6.21. The summed E-state index contributed by atoms with van der Waals surface area (Å²) in [5, 5.41) is 4.20. The summed E-state index contributed by atoms with van der Waals surface area (Å²) in [4.78, 5) is 6.41. The Hall–Kier alpha value is -1.45. The first-order valence-electron chi connectivity index (χ1n) is 6.51. The third-order valence-electron chi connectivity index (χ3n) is 3.38. The lowest BCUT2D eigenvalue weighted by Crippen LogP contribution is -2.23. The molecule has 2 heterocycles. The summed E-state index contributed by atoms with van der Waals surface area (Å²) in [5.74, 6) is 0. The summed E-state index contributed by atoms with van der Waals surface area (Å²) >= 11 is 6.21. The van der Waals surface area contributed by atoms with Crippen LogP contribution in [-0.2, 0) is 6.54 Å². The van der Waals surface area contributed by atoms with E-state index in [9.17, 15) is 0 Å². The molecular formula is C15H17Cl2N3. The molecule has 5 heteroatoms. The van der Waals surface area contributed by atoms with E-state index in [-0.39, 0.29) is 12.4 Å². The fraction of sp³-hybridized carbons (Fsp3) is 0.267. The molecule has 0 saturated carbocycles. The van der Waals surface area contributed by atoms with Gasteiger partial charge in [-0.15, -0.1) is 12.4 Å². The minimum absolute atomic E-state index is 0. The molecule has 1 aromatic heterocycles. The molecule has 0 radical (unpaired) electrons. The molecule has 2 aromatic rings. The number of nitrogens with zero attached hydrogens (tertiary/aromatic N) is 2. The number of anilines is 2. The molecule has 0 amide bonds. The van der Waals surface area contributed by atoms with Crippen LogP contribution in [0.15, 0.2) is 42.7 Å². The maximum absolute atomic E-state index is 6.21. The molecule has 0 saturated heterocycles. The Morgan fingerprint density at radius 2 is 2.10 bits per heavy atom. The molecule has 3 nitrogen and oxygen atoms in total. The summed E-state index contributed by atoms with van der Waals surface area (Å²) in [6.07, 6.45) is 4.62. The number of pyridine rings is 1. The van der Waals surface area contributed by atoms with E-state index in [1.165, 1.54) is 11.4 Å². The van der Waals surface area contributed by atoms with Crippen LogP contribution in [-0.4, -0.2) is 18.1 Å². The van der Waals surface area contributed by atoms with Crippen molar-refractivity contribution in [3.63, 3.8) is 0 Å². The standard InChI is InChI=1S/C15H16ClN3.ClH/c16-13-10-17-8-6-12(13)11-19-9-3-7-18-14-4-1-2-5-15(14)19;/h1-2,4-6,8,10,18H,3,7,9,11H2;1H. The first-order valence-corrected chi connectivity index (χ1v) is 6.88. The molecule has 0 spiro atoms. The Kier molecular flexibility index (Phi) is 5.10. The van der Waals surface area contributed by atoms with Gasteiger partial charge >= 0.3 is 0 Å². The molecule has 0 fully saturated rings. The van der Waals surface area contributed by atoms with E-state index in [2.05, 4.69) is 39.5 Å². The second-order valence-corrected chi connectivity index (χ2v) is 5.09. The fourth-order valence-electron chi connectivity index (χ4n) is 2.41. The van der Waals surface area contributed by atoms with Gasteiger partial charge in [0.05, 0.1) is 16.4 Å². The van der Waals surface area contributed by atoms with Gasteiger partial charge in [0, 0.05) is 32.0 Å². The van der Waals surface area contributed by atoms with Crippen molar-refractivity contribution in [1.29, 1.82) is 0 Å². The topological polar surface area (TPSA) is 28.2 Å². The van der Waals surface area contributed by atoms with Gasteiger partial charge in [0.15, 0.2) is 0 Å². The van der Waals surface area contributed by atoms with Crippen LogP contribution in [0.5, 0.6) is 0 Å². The third kappa shape index (κ3) is 3.17. The van der Waals surface area contributed by atoms with Crippen molar-refractivity contribution in [3.8, 4) is 0 Å². The second-order valence-electron chi connectivity index (χ2n) is 4.69. The van der Waals surface area contributed by atoms with Crippen LogP contribution in [0.3, 0.4) is 0 Å². The number of halogens is 2. The lowest BCUT2D eigenvalue weighted by atomic mass is 10.2. The van der Waals surface area contributed by atoms with Crippen molar-refractivity contribution in [2.24, 2.45) is 0 Å². The number of aromatic nitrogens is 1. The molecule has 1 N–H and O–H groups in total. The van der Waals surface area contributed by atoms with Crippen LogP contribution >= 0.6 is 24.0 Å². The molecule has 1 aliphatic rings. The molecule has 0 aliphatic carbocycles. The van der Waals surface area contributed by atoms with Gasteiger partial charge in [-0.1, -0.05) is 23.7 Å². The number of nitrogens with one attached hydrogen (secondary N) is 1. The van der Waals surface area contributed by atoms with Gasteiger partial charge in [0.1, 0.15) is 0 Å². The lowest BCUT2D eigenvalue weighted by molar-refractivity contribution is 0.763. The minimum Gasteiger partial charge on any atom is -0.383 e.